The van der Waals surface area contributed by atoms with Crippen LogP contribution in [-0.2, 0) is 11.2 Å². The number of carbonyl (C=O) groups excluding carboxylic acids is 1. The van der Waals surface area contributed by atoms with Crippen molar-refractivity contribution >= 4 is 51.4 Å². The van der Waals surface area contributed by atoms with Gasteiger partial charge < -0.3 is 0 Å². The van der Waals surface area contributed by atoms with Crippen molar-refractivity contribution in [3.63, 3.8) is 0 Å². The molecule has 0 saturated carbocycles. The van der Waals surface area contributed by atoms with Crippen LogP contribution in [0.3, 0.4) is 0 Å². The Bertz CT molecular complexity index is 295. The van der Waals surface area contributed by atoms with Crippen molar-refractivity contribution in [1.29, 1.82) is 0 Å². The zero-order chi connectivity index (χ0) is 9.14. The molecule has 0 amide bonds. The molecule has 66 valence electrons. The van der Waals surface area contributed by atoms with E-state index in [2.05, 4.69) is 0 Å². The first kappa shape index (κ1) is 10.3. The van der Waals surface area contributed by atoms with Crippen LogP contribution in [0.4, 0.5) is 0 Å². The van der Waals surface area contributed by atoms with Gasteiger partial charge in [-0.05, 0) is 29.7 Å². The van der Waals surface area contributed by atoms with Crippen molar-refractivity contribution in [2.24, 2.45) is 0 Å². The topological polar surface area (TPSA) is 17.1 Å². The first-order chi connectivity index (χ1) is 5.59. The Hall–Kier alpha value is 0.240. The number of thiophene rings is 1. The summed E-state index contributed by atoms with van der Waals surface area (Å²) in [4.78, 5) is 10.4. The Morgan fingerprint density at radius 2 is 2.17 bits per heavy atom. The lowest BCUT2D eigenvalue weighted by atomic mass is 10.2. The molecule has 0 aliphatic carbocycles. The number of aryl methyl sites for hydroxylation is 1. The predicted molar refractivity (Wildman–Crippen MR) is 53.5 cm³/mol. The van der Waals surface area contributed by atoms with E-state index in [1.165, 1.54) is 11.3 Å². The Balaban J connectivity index is 2.62. The molecule has 0 saturated heterocycles. The van der Waals surface area contributed by atoms with Gasteiger partial charge in [0.2, 0.25) is 5.24 Å². The molecule has 12 heavy (non-hydrogen) atoms. The van der Waals surface area contributed by atoms with Crippen molar-refractivity contribution in [3.05, 3.63) is 20.3 Å². The highest BCUT2D eigenvalue weighted by atomic mass is 35.5. The van der Waals surface area contributed by atoms with Gasteiger partial charge in [0.05, 0.1) is 8.67 Å². The van der Waals surface area contributed by atoms with E-state index in [0.717, 1.165) is 5.56 Å². The van der Waals surface area contributed by atoms with Gasteiger partial charge in [-0.2, -0.15) is 0 Å². The van der Waals surface area contributed by atoms with E-state index in [-0.39, 0.29) is 5.24 Å². The molecule has 0 unspecified atom stereocenters. The molecule has 0 atom stereocenters. The van der Waals surface area contributed by atoms with Crippen LogP contribution in [0.25, 0.3) is 0 Å². The lowest BCUT2D eigenvalue weighted by molar-refractivity contribution is -0.111. The third-order valence-electron chi connectivity index (χ3n) is 1.32. The Morgan fingerprint density at radius 3 is 2.58 bits per heavy atom. The summed E-state index contributed by atoms with van der Waals surface area (Å²) >= 11 is 18.0. The fraction of sp³-hybridized carbons (Fsp3) is 0.286. The van der Waals surface area contributed by atoms with Crippen LogP contribution in [0.2, 0.25) is 8.67 Å². The summed E-state index contributed by atoms with van der Waals surface area (Å²) in [5.41, 5.74) is 0.890. The second-order valence-corrected chi connectivity index (χ2v) is 4.91. The van der Waals surface area contributed by atoms with E-state index in [9.17, 15) is 4.79 Å². The molecule has 0 aliphatic rings. The number of halogens is 3. The quantitative estimate of drug-likeness (QED) is 0.739. The van der Waals surface area contributed by atoms with Crippen molar-refractivity contribution in [2.75, 3.05) is 0 Å². The first-order valence-electron chi connectivity index (χ1n) is 3.21. The minimum absolute atomic E-state index is 0.300. The number of carbonyl (C=O) groups is 1. The average molecular weight is 244 g/mol. The number of rotatable bonds is 3. The molecule has 0 N–H and O–H groups in total. The summed E-state index contributed by atoms with van der Waals surface area (Å²) in [5.74, 6) is 0. The van der Waals surface area contributed by atoms with Crippen molar-refractivity contribution in [3.8, 4) is 0 Å². The molecule has 1 heterocycles. The normalized spacial score (nSPS) is 10.2. The monoisotopic (exact) mass is 242 g/mol. The molecule has 0 bridgehead atoms. The molecule has 5 heteroatoms. The largest absolute Gasteiger partial charge is 0.281 e. The van der Waals surface area contributed by atoms with E-state index in [1.807, 2.05) is 0 Å². The van der Waals surface area contributed by atoms with Gasteiger partial charge in [0, 0.05) is 6.42 Å². The van der Waals surface area contributed by atoms with Crippen molar-refractivity contribution in [2.45, 2.75) is 12.8 Å². The third-order valence-corrected chi connectivity index (χ3v) is 3.08. The van der Waals surface area contributed by atoms with Crippen LogP contribution in [-0.4, -0.2) is 5.24 Å². The van der Waals surface area contributed by atoms with Gasteiger partial charge in [-0.1, -0.05) is 23.2 Å². The average Bonchev–Trinajstić information content (AvgIpc) is 2.26. The van der Waals surface area contributed by atoms with E-state index in [1.54, 1.807) is 6.07 Å². The molecule has 1 aromatic heterocycles. The SMILES string of the molecule is O=C(Cl)CCc1cc(Cl)sc1Cl. The Morgan fingerprint density at radius 1 is 1.50 bits per heavy atom. The summed E-state index contributed by atoms with van der Waals surface area (Å²) in [7, 11) is 0. The second kappa shape index (κ2) is 4.47. The molecule has 1 nitrogen and oxygen atoms in total. The highest BCUT2D eigenvalue weighted by Gasteiger charge is 2.06. The molecule has 0 aliphatic heterocycles. The van der Waals surface area contributed by atoms with E-state index >= 15 is 0 Å². The molecular formula is C7H5Cl3OS. The van der Waals surface area contributed by atoms with Crippen molar-refractivity contribution < 1.29 is 4.79 Å². The zero-order valence-corrected chi connectivity index (χ0v) is 9.03. The van der Waals surface area contributed by atoms with Crippen LogP contribution < -0.4 is 0 Å². The molecule has 1 rings (SSSR count). The lowest BCUT2D eigenvalue weighted by Crippen LogP contribution is -1.89. The summed E-state index contributed by atoms with van der Waals surface area (Å²) < 4.78 is 1.27. The second-order valence-electron chi connectivity index (χ2n) is 2.20. The predicted octanol–water partition coefficient (Wildman–Crippen LogP) is 3.75. The van der Waals surface area contributed by atoms with E-state index < -0.39 is 0 Å². The van der Waals surface area contributed by atoms with Gasteiger partial charge in [0.1, 0.15) is 0 Å². The standard InChI is InChI=1S/C7H5Cl3OS/c8-5(11)2-1-4-3-6(9)12-7(4)10/h3H,1-2H2. The lowest BCUT2D eigenvalue weighted by Gasteiger charge is -1.92. The van der Waals surface area contributed by atoms with Gasteiger partial charge in [0.25, 0.3) is 0 Å². The fourth-order valence-electron chi connectivity index (χ4n) is 0.778. The fourth-order valence-corrected chi connectivity index (χ4v) is 2.42. The maximum atomic E-state index is 10.4. The molecule has 0 fully saturated rings. The van der Waals surface area contributed by atoms with Crippen LogP contribution in [0.1, 0.15) is 12.0 Å². The minimum atomic E-state index is -0.353. The summed E-state index contributed by atoms with van der Waals surface area (Å²) in [5, 5.41) is -0.353. The molecule has 0 radical (unpaired) electrons. The van der Waals surface area contributed by atoms with Gasteiger partial charge in [-0.15, -0.1) is 11.3 Å². The Kier molecular flexibility index (Phi) is 3.84. The van der Waals surface area contributed by atoms with Gasteiger partial charge >= 0.3 is 0 Å². The highest BCUT2D eigenvalue weighted by Crippen LogP contribution is 2.31. The zero-order valence-electron chi connectivity index (χ0n) is 5.94. The maximum Gasteiger partial charge on any atom is 0.221 e. The molecule has 1 aromatic rings. The first-order valence-corrected chi connectivity index (χ1v) is 5.16. The smallest absolute Gasteiger partial charge is 0.221 e. The van der Waals surface area contributed by atoms with E-state index in [0.29, 0.717) is 21.5 Å². The van der Waals surface area contributed by atoms with Crippen molar-refractivity contribution in [1.82, 2.24) is 0 Å². The third kappa shape index (κ3) is 2.94. The van der Waals surface area contributed by atoms with Crippen LogP contribution >= 0.6 is 46.1 Å². The van der Waals surface area contributed by atoms with Gasteiger partial charge in [-0.3, -0.25) is 4.79 Å². The number of hydrogen-bond donors (Lipinski definition) is 0. The summed E-state index contributed by atoms with van der Waals surface area (Å²) in [6, 6.07) is 1.76. The molecule has 0 spiro atoms. The van der Waals surface area contributed by atoms with Crippen LogP contribution in [0.15, 0.2) is 6.07 Å². The minimum Gasteiger partial charge on any atom is -0.281 e. The molecule has 0 aromatic carbocycles. The van der Waals surface area contributed by atoms with Crippen LogP contribution in [0, 0.1) is 0 Å². The van der Waals surface area contributed by atoms with E-state index in [4.69, 9.17) is 34.8 Å². The highest BCUT2D eigenvalue weighted by molar-refractivity contribution is 7.20. The van der Waals surface area contributed by atoms with Crippen LogP contribution in [0.5, 0.6) is 0 Å². The maximum absolute atomic E-state index is 10.4. The Labute approximate surface area is 89.2 Å². The summed E-state index contributed by atoms with van der Waals surface area (Å²) in [6.45, 7) is 0. The van der Waals surface area contributed by atoms with Gasteiger partial charge in [0.15, 0.2) is 0 Å². The number of hydrogen-bond acceptors (Lipinski definition) is 2. The summed E-state index contributed by atoms with van der Waals surface area (Å²) in [6.07, 6.45) is 0.860. The van der Waals surface area contributed by atoms with Gasteiger partial charge in [-0.25, -0.2) is 0 Å². The molecular weight excluding hydrogens is 239 g/mol.